The lowest BCUT2D eigenvalue weighted by Crippen LogP contribution is -2.14. The van der Waals surface area contributed by atoms with Gasteiger partial charge >= 0.3 is 5.97 Å². The van der Waals surface area contributed by atoms with Gasteiger partial charge in [0.05, 0.1) is 12.5 Å². The molecule has 0 amide bonds. The summed E-state index contributed by atoms with van der Waals surface area (Å²) in [6, 6.07) is 3.79. The van der Waals surface area contributed by atoms with Crippen LogP contribution in [0.2, 0.25) is 0 Å². The van der Waals surface area contributed by atoms with Gasteiger partial charge in [-0.05, 0) is 37.1 Å². The molecule has 0 aliphatic rings. The van der Waals surface area contributed by atoms with E-state index in [9.17, 15) is 18.4 Å². The summed E-state index contributed by atoms with van der Waals surface area (Å²) in [6.07, 6.45) is 6.99. The lowest BCUT2D eigenvalue weighted by atomic mass is 10.1. The van der Waals surface area contributed by atoms with Crippen molar-refractivity contribution in [2.75, 3.05) is 12.4 Å². The predicted molar refractivity (Wildman–Crippen MR) is 117 cm³/mol. The van der Waals surface area contributed by atoms with Gasteiger partial charge in [-0.25, -0.2) is 8.78 Å². The second-order valence-corrected chi connectivity index (χ2v) is 9.32. The molecule has 7 heteroatoms. The maximum absolute atomic E-state index is 13.6. The molecule has 0 radical (unpaired) electrons. The van der Waals surface area contributed by atoms with E-state index >= 15 is 0 Å². The number of carbonyl (C=O) groups is 1. The summed E-state index contributed by atoms with van der Waals surface area (Å²) in [5.41, 5.74) is 0. The molecule has 0 spiro atoms. The van der Waals surface area contributed by atoms with E-state index in [0.717, 1.165) is 68.1 Å². The van der Waals surface area contributed by atoms with Crippen LogP contribution in [-0.4, -0.2) is 18.3 Å². The summed E-state index contributed by atoms with van der Waals surface area (Å²) in [6.45, 7) is 4.35. The molecule has 1 aromatic carbocycles. The molecule has 0 aliphatic heterocycles. The van der Waals surface area contributed by atoms with Crippen molar-refractivity contribution in [3.8, 4) is 0 Å². The quantitative estimate of drug-likeness (QED) is 0.212. The van der Waals surface area contributed by atoms with Crippen molar-refractivity contribution in [2.45, 2.75) is 63.7 Å². The van der Waals surface area contributed by atoms with E-state index in [4.69, 9.17) is 4.74 Å². The van der Waals surface area contributed by atoms with Crippen LogP contribution < -0.4 is 4.74 Å². The number of benzene rings is 1. The normalized spacial score (nSPS) is 12.3. The Bertz CT molecular complexity index is 867. The molecule has 3 nitrogen and oxygen atoms in total. The third kappa shape index (κ3) is 7.70. The monoisotopic (exact) mass is 442 g/mol. The van der Waals surface area contributed by atoms with Gasteiger partial charge in [-0.3, -0.25) is 9.59 Å². The van der Waals surface area contributed by atoms with Gasteiger partial charge in [0.25, 0.3) is 0 Å². The SMILES string of the molecule is CCC(C)C(=O)OCCCCCCCCSc1cc(=O)sc2cc(F)c(F)cc12. The number of rotatable bonds is 12. The van der Waals surface area contributed by atoms with Gasteiger partial charge in [-0.15, -0.1) is 11.8 Å². The van der Waals surface area contributed by atoms with Gasteiger partial charge in [0, 0.05) is 21.0 Å². The second-order valence-electron chi connectivity index (χ2n) is 7.14. The van der Waals surface area contributed by atoms with E-state index in [0.29, 0.717) is 21.6 Å². The van der Waals surface area contributed by atoms with Crippen LogP contribution in [0.4, 0.5) is 8.78 Å². The Morgan fingerprint density at radius 3 is 2.45 bits per heavy atom. The molecule has 0 saturated heterocycles. The molecule has 160 valence electrons. The zero-order chi connectivity index (χ0) is 21.2. The summed E-state index contributed by atoms with van der Waals surface area (Å²) >= 11 is 2.45. The summed E-state index contributed by atoms with van der Waals surface area (Å²) in [7, 11) is 0. The summed E-state index contributed by atoms with van der Waals surface area (Å²) in [5, 5.41) is 0.602. The van der Waals surface area contributed by atoms with Gasteiger partial charge in [-0.1, -0.05) is 50.9 Å². The number of halogens is 2. The Kier molecular flexibility index (Phi) is 10.1. The first-order chi connectivity index (χ1) is 13.9. The van der Waals surface area contributed by atoms with Gasteiger partial charge < -0.3 is 4.74 Å². The Balaban J connectivity index is 1.64. The Morgan fingerprint density at radius 1 is 1.07 bits per heavy atom. The molecule has 0 fully saturated rings. The van der Waals surface area contributed by atoms with Gasteiger partial charge in [0.15, 0.2) is 11.6 Å². The minimum absolute atomic E-state index is 0.0249. The van der Waals surface area contributed by atoms with Crippen LogP contribution in [0.5, 0.6) is 0 Å². The van der Waals surface area contributed by atoms with E-state index < -0.39 is 11.6 Å². The molecule has 1 unspecified atom stereocenters. The minimum atomic E-state index is -0.926. The molecule has 1 heterocycles. The molecule has 2 aromatic rings. The van der Waals surface area contributed by atoms with Crippen LogP contribution in [-0.2, 0) is 9.53 Å². The number of esters is 1. The van der Waals surface area contributed by atoms with Crippen LogP contribution in [0, 0.1) is 17.6 Å². The number of fused-ring (bicyclic) bond motifs is 1. The van der Waals surface area contributed by atoms with Crippen molar-refractivity contribution in [1.82, 2.24) is 0 Å². The average molecular weight is 443 g/mol. The van der Waals surface area contributed by atoms with Crippen molar-refractivity contribution < 1.29 is 18.3 Å². The molecule has 0 aliphatic carbocycles. The third-order valence-corrected chi connectivity index (χ3v) is 6.82. The van der Waals surface area contributed by atoms with Gasteiger partial charge in [0.2, 0.25) is 4.74 Å². The molecule has 1 atom stereocenters. The lowest BCUT2D eigenvalue weighted by molar-refractivity contribution is -0.148. The van der Waals surface area contributed by atoms with E-state index in [1.54, 1.807) is 0 Å². The highest BCUT2D eigenvalue weighted by Crippen LogP contribution is 2.30. The van der Waals surface area contributed by atoms with E-state index in [1.165, 1.54) is 23.9 Å². The van der Waals surface area contributed by atoms with Gasteiger partial charge in [0.1, 0.15) is 0 Å². The fourth-order valence-electron chi connectivity index (χ4n) is 2.82. The van der Waals surface area contributed by atoms with E-state index in [1.807, 2.05) is 13.8 Å². The highest BCUT2D eigenvalue weighted by atomic mass is 32.2. The average Bonchev–Trinajstić information content (AvgIpc) is 2.69. The predicted octanol–water partition coefficient (Wildman–Crippen LogP) is 6.56. The smallest absolute Gasteiger partial charge is 0.308 e. The fraction of sp³-hybridized carbons (Fsp3) is 0.545. The fourth-order valence-corrected chi connectivity index (χ4v) is 4.88. The molecule has 0 bridgehead atoms. The van der Waals surface area contributed by atoms with Crippen LogP contribution in [0.15, 0.2) is 27.9 Å². The molecule has 1 aromatic heterocycles. The summed E-state index contributed by atoms with van der Waals surface area (Å²) < 4.78 is 32.5. The number of carbonyl (C=O) groups excluding carboxylic acids is 1. The van der Waals surface area contributed by atoms with Crippen LogP contribution >= 0.6 is 23.1 Å². The Morgan fingerprint density at radius 2 is 1.72 bits per heavy atom. The van der Waals surface area contributed by atoms with E-state index in [-0.39, 0.29) is 16.6 Å². The second kappa shape index (κ2) is 12.3. The number of hydrogen-bond acceptors (Lipinski definition) is 5. The van der Waals surface area contributed by atoms with Crippen molar-refractivity contribution >= 4 is 39.2 Å². The molecule has 2 rings (SSSR count). The first-order valence-corrected chi connectivity index (χ1v) is 11.9. The van der Waals surface area contributed by atoms with Crippen molar-refractivity contribution in [3.05, 3.63) is 39.4 Å². The summed E-state index contributed by atoms with van der Waals surface area (Å²) in [5.74, 6) is -1.12. The molecular weight excluding hydrogens is 414 g/mol. The van der Waals surface area contributed by atoms with E-state index in [2.05, 4.69) is 0 Å². The van der Waals surface area contributed by atoms with Crippen molar-refractivity contribution in [2.24, 2.45) is 5.92 Å². The topological polar surface area (TPSA) is 43.4 Å². The van der Waals surface area contributed by atoms with Crippen LogP contribution in [0.25, 0.3) is 10.1 Å². The number of ether oxygens (including phenoxy) is 1. The number of thioether (sulfide) groups is 1. The highest BCUT2D eigenvalue weighted by molar-refractivity contribution is 7.99. The minimum Gasteiger partial charge on any atom is -0.465 e. The lowest BCUT2D eigenvalue weighted by Gasteiger charge is -2.09. The molecular formula is C22H28F2O3S2. The highest BCUT2D eigenvalue weighted by Gasteiger charge is 2.11. The van der Waals surface area contributed by atoms with Crippen molar-refractivity contribution in [3.63, 3.8) is 0 Å². The zero-order valence-corrected chi connectivity index (χ0v) is 18.6. The maximum Gasteiger partial charge on any atom is 0.308 e. The first-order valence-electron chi connectivity index (χ1n) is 10.1. The molecule has 0 saturated carbocycles. The summed E-state index contributed by atoms with van der Waals surface area (Å²) in [4.78, 5) is 24.1. The Hall–Kier alpha value is -1.47. The molecule has 0 N–H and O–H groups in total. The van der Waals surface area contributed by atoms with Crippen molar-refractivity contribution in [1.29, 1.82) is 0 Å². The van der Waals surface area contributed by atoms with Gasteiger partial charge in [-0.2, -0.15) is 0 Å². The third-order valence-electron chi connectivity index (χ3n) is 4.80. The van der Waals surface area contributed by atoms with Crippen LogP contribution in [0.1, 0.15) is 58.8 Å². The van der Waals surface area contributed by atoms with Crippen LogP contribution in [0.3, 0.4) is 0 Å². The molecule has 29 heavy (non-hydrogen) atoms. The largest absolute Gasteiger partial charge is 0.465 e. The Labute approximate surface area is 178 Å². The maximum atomic E-state index is 13.6. The number of hydrogen-bond donors (Lipinski definition) is 0. The zero-order valence-electron chi connectivity index (χ0n) is 17.0. The standard InChI is InChI=1S/C22H28F2O3S2/c1-3-15(2)22(26)27-10-8-6-4-5-7-9-11-28-19-14-21(25)29-20-13-18(24)17(23)12-16(19)20/h12-15H,3-11H2,1-2H3. The number of unbranched alkanes of at least 4 members (excludes halogenated alkanes) is 5. The first kappa shape index (κ1) is 23.8.